The fraction of sp³-hybridized carbons (Fsp3) is 0.0597. The maximum Gasteiger partial charge on any atom is 0.673 e. The normalized spacial score (nSPS) is 11.7. The first-order valence-corrected chi connectivity index (χ1v) is 28.2. The van der Waals surface area contributed by atoms with Gasteiger partial charge in [0.1, 0.15) is 22.3 Å². The van der Waals surface area contributed by atoms with Crippen LogP contribution in [0.3, 0.4) is 0 Å². The first-order valence-electron chi connectivity index (χ1n) is 28.2. The van der Waals surface area contributed by atoms with E-state index in [-0.39, 0.29) is 79.3 Å². The van der Waals surface area contributed by atoms with E-state index >= 15 is 19.2 Å². The summed E-state index contributed by atoms with van der Waals surface area (Å²) >= 11 is 0. The van der Waals surface area contributed by atoms with Crippen LogP contribution >= 0.6 is 0 Å². The summed E-state index contributed by atoms with van der Waals surface area (Å²) in [6, 6.07) is 59.5. The third kappa shape index (κ3) is 13.3. The zero-order valence-electron chi connectivity index (χ0n) is 49.4. The Kier molecular flexibility index (Phi) is 18.0. The quantitative estimate of drug-likeness (QED) is 0.0788. The summed E-state index contributed by atoms with van der Waals surface area (Å²) in [6.45, 7) is 0. The number of aromatic nitrogens is 4. The predicted molar refractivity (Wildman–Crippen MR) is 335 cm³/mol. The van der Waals surface area contributed by atoms with E-state index in [9.17, 15) is 61.4 Å². The molecular formula is C67H45B3F12N4O8. The molecule has 0 N–H and O–H groups in total. The molecule has 0 bridgehead atoms. The number of fused-ring (bicyclic) bond motifs is 6. The Morgan fingerprint density at radius 1 is 0.277 bits per heavy atom. The SMILES string of the molecule is Cn1c2cccccc-2c([C+](c2cc([C+](c3c4cccccc-4oc3=O)c3c4cccccc-4oc3=O)cc([C+](c3c4cccccc-4n(C)c3=O)c3c4cccccc-4n(C)c3=O)c2)c2c3cccccc-3n(C)c2=O)c1=O.F[B-](F)(F)F.F[B-](F)(F)F.F[B-](F)(F)F. The van der Waals surface area contributed by atoms with Gasteiger partial charge in [-0.2, -0.15) is 0 Å². The summed E-state index contributed by atoms with van der Waals surface area (Å²) in [4.78, 5) is 91.8. The summed E-state index contributed by atoms with van der Waals surface area (Å²) < 4.78 is 135. The average molecular weight is 1290 g/mol. The van der Waals surface area contributed by atoms with Crippen molar-refractivity contribution in [2.45, 2.75) is 0 Å². The fourth-order valence-electron chi connectivity index (χ4n) is 11.7. The summed E-state index contributed by atoms with van der Waals surface area (Å²) in [5, 5.41) is 0. The molecule has 0 fully saturated rings. The van der Waals surface area contributed by atoms with Crippen LogP contribution in [-0.2, 0) is 28.2 Å². The average Bonchev–Trinajstić information content (AvgIpc) is 1.53. The monoisotopic (exact) mass is 1290 g/mol. The molecule has 474 valence electrons. The number of benzene rings is 1. The van der Waals surface area contributed by atoms with Crippen molar-refractivity contribution in [1.82, 2.24) is 18.3 Å². The molecule has 0 saturated carbocycles. The van der Waals surface area contributed by atoms with Crippen LogP contribution in [0, 0.1) is 17.8 Å². The lowest BCUT2D eigenvalue weighted by molar-refractivity contribution is 0.366. The molecule has 1 aromatic carbocycles. The van der Waals surface area contributed by atoms with Gasteiger partial charge in [0.2, 0.25) is 0 Å². The van der Waals surface area contributed by atoms with Crippen LogP contribution in [-0.4, -0.2) is 40.0 Å². The van der Waals surface area contributed by atoms with Gasteiger partial charge in [-0.15, -0.1) is 0 Å². The highest BCUT2D eigenvalue weighted by Gasteiger charge is 2.47. The Morgan fingerprint density at radius 3 is 0.702 bits per heavy atom. The van der Waals surface area contributed by atoms with Crippen LogP contribution in [0.25, 0.3) is 67.7 Å². The van der Waals surface area contributed by atoms with Gasteiger partial charge in [-0.05, 0) is 72.8 Å². The second kappa shape index (κ2) is 25.8. The van der Waals surface area contributed by atoms with Crippen molar-refractivity contribution >= 4 is 21.8 Å². The molecule has 0 amide bonds. The molecule has 12 nitrogen and oxygen atoms in total. The highest BCUT2D eigenvalue weighted by Crippen LogP contribution is 2.48. The lowest BCUT2D eigenvalue weighted by Gasteiger charge is -2.19. The molecular weight excluding hydrogens is 1250 g/mol. The van der Waals surface area contributed by atoms with Gasteiger partial charge in [-0.1, -0.05) is 109 Å². The number of rotatable bonds is 9. The fourth-order valence-corrected chi connectivity index (χ4v) is 11.7. The lowest BCUT2D eigenvalue weighted by atomic mass is 9.75. The minimum atomic E-state index is -6.00. The molecule has 0 atom stereocenters. The Morgan fingerprint density at radius 2 is 0.468 bits per heavy atom. The van der Waals surface area contributed by atoms with Crippen LogP contribution in [0.2, 0.25) is 0 Å². The zero-order valence-corrected chi connectivity index (χ0v) is 49.4. The Balaban J connectivity index is 0.000000581. The van der Waals surface area contributed by atoms with Crippen molar-refractivity contribution in [3.05, 3.63) is 330 Å². The molecule has 94 heavy (non-hydrogen) atoms. The maximum absolute atomic E-state index is 15.5. The lowest BCUT2D eigenvalue weighted by Crippen LogP contribution is -2.26. The number of hydrogen-bond acceptors (Lipinski definition) is 8. The van der Waals surface area contributed by atoms with Crippen molar-refractivity contribution in [1.29, 1.82) is 0 Å². The highest BCUT2D eigenvalue weighted by atomic mass is 19.5. The minimum Gasteiger partial charge on any atom is -0.418 e. The Hall–Kier alpha value is -11.2. The van der Waals surface area contributed by atoms with Gasteiger partial charge in [0, 0.05) is 46.4 Å². The van der Waals surface area contributed by atoms with Gasteiger partial charge in [-0.3, -0.25) is 18.3 Å². The molecule has 0 saturated heterocycles. The number of hydrogen-bond donors (Lipinski definition) is 0. The molecule has 13 rings (SSSR count). The Labute approximate surface area is 524 Å². The van der Waals surface area contributed by atoms with Crippen LogP contribution in [0.1, 0.15) is 50.1 Å². The minimum absolute atomic E-state index is 0.0236. The first kappa shape index (κ1) is 65.7. The van der Waals surface area contributed by atoms with Crippen LogP contribution in [0.4, 0.5) is 51.8 Å². The second-order valence-corrected chi connectivity index (χ2v) is 21.1. The van der Waals surface area contributed by atoms with E-state index in [4.69, 9.17) is 8.83 Å². The molecule has 6 aliphatic carbocycles. The number of furan rings is 2. The largest absolute Gasteiger partial charge is 0.673 e. The number of halogens is 12. The summed E-state index contributed by atoms with van der Waals surface area (Å²) in [7, 11) is -11.3. The molecule has 0 aromatic heterocycles. The third-order valence-electron chi connectivity index (χ3n) is 15.3. The van der Waals surface area contributed by atoms with Crippen molar-refractivity contribution < 1.29 is 60.6 Å². The summed E-state index contributed by atoms with van der Waals surface area (Å²) in [5.41, 5.74) is 3.62. The zero-order chi connectivity index (χ0) is 67.9. The molecule has 6 aliphatic heterocycles. The van der Waals surface area contributed by atoms with Crippen molar-refractivity contribution in [2.24, 2.45) is 28.2 Å². The van der Waals surface area contributed by atoms with E-state index in [1.54, 1.807) is 125 Å². The van der Waals surface area contributed by atoms with Gasteiger partial charge < -0.3 is 60.6 Å². The molecule has 1 aromatic rings. The van der Waals surface area contributed by atoms with Gasteiger partial charge in [0.15, 0.2) is 22.6 Å². The highest BCUT2D eigenvalue weighted by molar-refractivity contribution is 6.50. The van der Waals surface area contributed by atoms with E-state index in [2.05, 4.69) is 0 Å². The summed E-state index contributed by atoms with van der Waals surface area (Å²) in [5.74, 6) is 1.02. The molecule has 0 spiro atoms. The van der Waals surface area contributed by atoms with Crippen LogP contribution in [0.5, 0.6) is 0 Å². The molecule has 0 radical (unpaired) electrons. The van der Waals surface area contributed by atoms with Gasteiger partial charge >= 0.3 is 55.3 Å². The van der Waals surface area contributed by atoms with E-state index in [0.29, 0.717) is 56.2 Å². The van der Waals surface area contributed by atoms with Gasteiger partial charge in [0.25, 0.3) is 0 Å². The van der Waals surface area contributed by atoms with Crippen molar-refractivity contribution in [3.63, 3.8) is 0 Å². The topological polar surface area (TPSA) is 148 Å². The van der Waals surface area contributed by atoms with Crippen molar-refractivity contribution in [3.8, 4) is 67.7 Å². The third-order valence-corrected chi connectivity index (χ3v) is 15.3. The van der Waals surface area contributed by atoms with E-state index < -0.39 is 55.3 Å². The van der Waals surface area contributed by atoms with Crippen LogP contribution in [0.15, 0.2) is 238 Å². The summed E-state index contributed by atoms with van der Waals surface area (Å²) in [6.07, 6.45) is 0. The van der Waals surface area contributed by atoms with Gasteiger partial charge in [-0.25, -0.2) is 28.8 Å². The van der Waals surface area contributed by atoms with E-state index in [1.165, 1.54) is 0 Å². The maximum atomic E-state index is 15.5. The van der Waals surface area contributed by atoms with E-state index in [0.717, 1.165) is 0 Å². The Bertz CT molecular complexity index is 4610. The first-order chi connectivity index (χ1) is 44.4. The van der Waals surface area contributed by atoms with Gasteiger partial charge in [0.05, 0.1) is 90.6 Å². The molecule has 27 heteroatoms. The molecule has 12 aliphatic rings. The van der Waals surface area contributed by atoms with E-state index in [1.807, 2.05) is 121 Å². The smallest absolute Gasteiger partial charge is 0.418 e. The molecule has 0 unspecified atom stereocenters. The molecule has 6 heterocycles. The predicted octanol–water partition coefficient (Wildman–Crippen LogP) is 14.0. The van der Waals surface area contributed by atoms with Crippen LogP contribution < -0.4 is 33.5 Å². The second-order valence-electron chi connectivity index (χ2n) is 21.1. The standard InChI is InChI=1S/C67H45N4O8.3BF4/c1-68-47-29-17-5-11-23-41(47)56(62(68)72)53(57-42-24-12-6-18-30-48(42)69(2)63(57)73)38-35-39(54(58-43-25-13-7-19-31-49(43)70(3)64(58)74)59-44-26-14-8-20-32-50(44)71(4)65(59)75)37-40(36-38)55(60-45-27-15-9-21-33-51(45)78-66(60)76)61-46-28-16-10-22-34-52(46)79-67(61)77;3*2-1(3,4)5/h5-37H,1-4H3;;;/q+3;3*-1. The number of nitrogens with zero attached hydrogens (tertiary/aromatic N) is 4. The van der Waals surface area contributed by atoms with Crippen molar-refractivity contribution in [2.75, 3.05) is 0 Å².